The lowest BCUT2D eigenvalue weighted by Gasteiger charge is -2.32. The van der Waals surface area contributed by atoms with Crippen molar-refractivity contribution in [3.8, 4) is 11.8 Å². The van der Waals surface area contributed by atoms with E-state index in [0.717, 1.165) is 37.3 Å². The van der Waals surface area contributed by atoms with Crippen molar-refractivity contribution in [2.24, 2.45) is 0 Å². The number of carbonyl (C=O) groups excluding carboxylic acids is 1. The SMILES string of the molecule is Cc1ccc(C#CCCO)c(C(=O)N2CCN(C)CC2)c1. The lowest BCUT2D eigenvalue weighted by molar-refractivity contribution is 0.0663. The van der Waals surface area contributed by atoms with Crippen molar-refractivity contribution in [2.45, 2.75) is 13.3 Å². The number of benzene rings is 1. The van der Waals surface area contributed by atoms with Gasteiger partial charge in [0, 0.05) is 38.2 Å². The lowest BCUT2D eigenvalue weighted by Crippen LogP contribution is -2.47. The van der Waals surface area contributed by atoms with Crippen LogP contribution < -0.4 is 0 Å². The summed E-state index contributed by atoms with van der Waals surface area (Å²) in [4.78, 5) is 16.8. The number of rotatable bonds is 2. The Morgan fingerprint density at radius 3 is 2.67 bits per heavy atom. The van der Waals surface area contributed by atoms with Gasteiger partial charge in [-0.25, -0.2) is 0 Å². The van der Waals surface area contributed by atoms with Crippen LogP contribution in [0.25, 0.3) is 0 Å². The molecular weight excluding hydrogens is 264 g/mol. The second kappa shape index (κ2) is 7.26. The van der Waals surface area contributed by atoms with E-state index in [0.29, 0.717) is 12.0 Å². The number of amides is 1. The van der Waals surface area contributed by atoms with Crippen LogP contribution in [-0.4, -0.2) is 60.6 Å². The van der Waals surface area contributed by atoms with Gasteiger partial charge in [-0.15, -0.1) is 0 Å². The molecule has 21 heavy (non-hydrogen) atoms. The summed E-state index contributed by atoms with van der Waals surface area (Å²) >= 11 is 0. The number of likely N-dealkylation sites (N-methyl/N-ethyl adjacent to an activating group) is 1. The van der Waals surface area contributed by atoms with Gasteiger partial charge in [-0.2, -0.15) is 0 Å². The molecule has 0 atom stereocenters. The summed E-state index contributed by atoms with van der Waals surface area (Å²) in [5, 5.41) is 8.81. The zero-order valence-electron chi connectivity index (χ0n) is 12.7. The average molecular weight is 286 g/mol. The molecule has 4 heteroatoms. The highest BCUT2D eigenvalue weighted by atomic mass is 16.2. The fourth-order valence-corrected chi connectivity index (χ4v) is 2.34. The molecule has 0 aliphatic carbocycles. The Labute approximate surface area is 126 Å². The molecule has 2 rings (SSSR count). The second-order valence-corrected chi connectivity index (χ2v) is 5.42. The Morgan fingerprint density at radius 1 is 1.29 bits per heavy atom. The standard InChI is InChI=1S/C17H22N2O2/c1-14-6-7-15(5-3-4-12-20)16(13-14)17(21)19-10-8-18(2)9-11-19/h6-7,13,20H,4,8-12H2,1-2H3. The van der Waals surface area contributed by atoms with E-state index in [1.807, 2.05) is 30.0 Å². The highest BCUT2D eigenvalue weighted by molar-refractivity contribution is 5.97. The minimum atomic E-state index is 0.0423. The molecule has 1 aliphatic rings. The van der Waals surface area contributed by atoms with Crippen LogP contribution in [0, 0.1) is 18.8 Å². The molecule has 1 aromatic carbocycles. The van der Waals surface area contributed by atoms with Crippen molar-refractivity contribution in [3.05, 3.63) is 34.9 Å². The van der Waals surface area contributed by atoms with Gasteiger partial charge in [0.2, 0.25) is 0 Å². The molecule has 1 N–H and O–H groups in total. The number of piperazine rings is 1. The number of hydrogen-bond donors (Lipinski definition) is 1. The van der Waals surface area contributed by atoms with E-state index in [1.165, 1.54) is 0 Å². The van der Waals surface area contributed by atoms with Crippen LogP contribution in [0.15, 0.2) is 18.2 Å². The fraction of sp³-hybridized carbons (Fsp3) is 0.471. The van der Waals surface area contributed by atoms with Crippen molar-refractivity contribution in [3.63, 3.8) is 0 Å². The maximum absolute atomic E-state index is 12.7. The molecule has 0 spiro atoms. The summed E-state index contributed by atoms with van der Waals surface area (Å²) in [6.07, 6.45) is 0.427. The van der Waals surface area contributed by atoms with Gasteiger partial charge in [-0.05, 0) is 26.1 Å². The first-order valence-corrected chi connectivity index (χ1v) is 7.30. The summed E-state index contributed by atoms with van der Waals surface area (Å²) in [5.41, 5.74) is 2.48. The Kier molecular flexibility index (Phi) is 5.38. The summed E-state index contributed by atoms with van der Waals surface area (Å²) < 4.78 is 0. The molecule has 0 unspecified atom stereocenters. The predicted octanol–water partition coefficient (Wildman–Crippen LogP) is 1.12. The second-order valence-electron chi connectivity index (χ2n) is 5.42. The van der Waals surface area contributed by atoms with Gasteiger partial charge in [0.1, 0.15) is 0 Å². The predicted molar refractivity (Wildman–Crippen MR) is 83.2 cm³/mol. The Morgan fingerprint density at radius 2 is 2.00 bits per heavy atom. The van der Waals surface area contributed by atoms with E-state index in [-0.39, 0.29) is 12.5 Å². The number of carbonyl (C=O) groups is 1. The van der Waals surface area contributed by atoms with E-state index in [9.17, 15) is 4.79 Å². The first-order valence-electron chi connectivity index (χ1n) is 7.30. The molecule has 0 bridgehead atoms. The maximum atomic E-state index is 12.7. The molecule has 112 valence electrons. The highest BCUT2D eigenvalue weighted by Gasteiger charge is 2.22. The first kappa shape index (κ1) is 15.6. The minimum Gasteiger partial charge on any atom is -0.395 e. The fourth-order valence-electron chi connectivity index (χ4n) is 2.34. The molecule has 1 amide bonds. The quantitative estimate of drug-likeness (QED) is 0.829. The minimum absolute atomic E-state index is 0.0423. The topological polar surface area (TPSA) is 43.8 Å². The Hall–Kier alpha value is -1.83. The van der Waals surface area contributed by atoms with Gasteiger partial charge in [0.05, 0.1) is 12.2 Å². The van der Waals surface area contributed by atoms with Crippen molar-refractivity contribution >= 4 is 5.91 Å². The third-order valence-electron chi connectivity index (χ3n) is 3.66. The number of hydrogen-bond acceptors (Lipinski definition) is 3. The van der Waals surface area contributed by atoms with Crippen molar-refractivity contribution in [2.75, 3.05) is 39.8 Å². The number of nitrogens with zero attached hydrogens (tertiary/aromatic N) is 2. The van der Waals surface area contributed by atoms with Crippen LogP contribution in [0.5, 0.6) is 0 Å². The summed E-state index contributed by atoms with van der Waals surface area (Å²) in [5.74, 6) is 5.96. The van der Waals surface area contributed by atoms with Gasteiger partial charge in [-0.1, -0.05) is 23.5 Å². The molecule has 0 aromatic heterocycles. The van der Waals surface area contributed by atoms with Gasteiger partial charge in [0.15, 0.2) is 0 Å². The number of aryl methyl sites for hydroxylation is 1. The van der Waals surface area contributed by atoms with Gasteiger partial charge in [0.25, 0.3) is 5.91 Å². The monoisotopic (exact) mass is 286 g/mol. The summed E-state index contributed by atoms with van der Waals surface area (Å²) in [6, 6.07) is 5.76. The zero-order valence-corrected chi connectivity index (χ0v) is 12.7. The molecule has 4 nitrogen and oxygen atoms in total. The van der Waals surface area contributed by atoms with Crippen LogP contribution in [-0.2, 0) is 0 Å². The molecule has 1 heterocycles. The van der Waals surface area contributed by atoms with E-state index >= 15 is 0 Å². The lowest BCUT2D eigenvalue weighted by atomic mass is 10.0. The number of aliphatic hydroxyl groups excluding tert-OH is 1. The van der Waals surface area contributed by atoms with Crippen LogP contribution in [0.4, 0.5) is 0 Å². The van der Waals surface area contributed by atoms with Crippen LogP contribution in [0.2, 0.25) is 0 Å². The van der Waals surface area contributed by atoms with E-state index < -0.39 is 0 Å². The Balaban J connectivity index is 2.23. The maximum Gasteiger partial charge on any atom is 0.255 e. The van der Waals surface area contributed by atoms with E-state index in [2.05, 4.69) is 23.8 Å². The van der Waals surface area contributed by atoms with E-state index in [4.69, 9.17) is 5.11 Å². The van der Waals surface area contributed by atoms with Crippen molar-refractivity contribution in [1.82, 2.24) is 9.80 Å². The van der Waals surface area contributed by atoms with E-state index in [1.54, 1.807) is 0 Å². The largest absolute Gasteiger partial charge is 0.395 e. The molecule has 1 aromatic rings. The van der Waals surface area contributed by atoms with Gasteiger partial charge >= 0.3 is 0 Å². The molecule has 1 fully saturated rings. The molecule has 0 radical (unpaired) electrons. The molecule has 0 saturated carbocycles. The normalized spacial score (nSPS) is 15.5. The van der Waals surface area contributed by atoms with Gasteiger partial charge < -0.3 is 14.9 Å². The highest BCUT2D eigenvalue weighted by Crippen LogP contribution is 2.15. The van der Waals surface area contributed by atoms with Crippen LogP contribution >= 0.6 is 0 Å². The first-order chi connectivity index (χ1) is 10.1. The third kappa shape index (κ3) is 4.07. The smallest absolute Gasteiger partial charge is 0.255 e. The van der Waals surface area contributed by atoms with Crippen molar-refractivity contribution in [1.29, 1.82) is 0 Å². The van der Waals surface area contributed by atoms with Crippen LogP contribution in [0.3, 0.4) is 0 Å². The summed E-state index contributed by atoms with van der Waals surface area (Å²) in [7, 11) is 2.07. The Bertz CT molecular complexity index is 564. The molecule has 1 saturated heterocycles. The van der Waals surface area contributed by atoms with Gasteiger partial charge in [-0.3, -0.25) is 4.79 Å². The zero-order chi connectivity index (χ0) is 15.2. The molecular formula is C17H22N2O2. The average Bonchev–Trinajstić information content (AvgIpc) is 2.49. The summed E-state index contributed by atoms with van der Waals surface area (Å²) in [6.45, 7) is 5.35. The van der Waals surface area contributed by atoms with Crippen LogP contribution in [0.1, 0.15) is 27.9 Å². The third-order valence-corrected chi connectivity index (χ3v) is 3.66. The molecule has 1 aliphatic heterocycles. The van der Waals surface area contributed by atoms with Crippen molar-refractivity contribution < 1.29 is 9.90 Å². The number of aliphatic hydroxyl groups is 1.